The van der Waals surface area contributed by atoms with E-state index in [4.69, 9.17) is 5.73 Å². The Morgan fingerprint density at radius 1 is 1.21 bits per heavy atom. The molecule has 0 aliphatic carbocycles. The fraction of sp³-hybridized carbons (Fsp3) is 0.263. The number of carbonyl (C=O) groups is 2. The minimum atomic E-state index is -0.393. The van der Waals surface area contributed by atoms with E-state index < -0.39 is 5.91 Å². The van der Waals surface area contributed by atoms with Gasteiger partial charge in [-0.15, -0.1) is 21.5 Å². The first-order chi connectivity index (χ1) is 13.6. The van der Waals surface area contributed by atoms with Crippen LogP contribution in [0, 0.1) is 0 Å². The summed E-state index contributed by atoms with van der Waals surface area (Å²) >= 11 is 2.82. The van der Waals surface area contributed by atoms with Crippen LogP contribution in [0.2, 0.25) is 0 Å². The number of aromatic nitrogens is 3. The Bertz CT molecular complexity index is 936. The van der Waals surface area contributed by atoms with Crippen molar-refractivity contribution in [2.75, 3.05) is 11.1 Å². The topological polar surface area (TPSA) is 103 Å². The molecular weight excluding hydrogens is 394 g/mol. The Balaban J connectivity index is 1.67. The predicted octanol–water partition coefficient (Wildman–Crippen LogP) is 3.18. The Morgan fingerprint density at radius 2 is 2.00 bits per heavy atom. The first-order valence-corrected chi connectivity index (χ1v) is 10.7. The minimum absolute atomic E-state index is 0.128. The fourth-order valence-corrected chi connectivity index (χ4v) is 4.04. The third kappa shape index (κ3) is 5.20. The van der Waals surface area contributed by atoms with E-state index in [2.05, 4.69) is 22.4 Å². The number of hydrogen-bond acceptors (Lipinski definition) is 6. The molecule has 0 radical (unpaired) electrons. The van der Waals surface area contributed by atoms with Crippen molar-refractivity contribution in [1.29, 1.82) is 0 Å². The third-order valence-electron chi connectivity index (χ3n) is 4.02. The van der Waals surface area contributed by atoms with Crippen LogP contribution in [-0.2, 0) is 22.6 Å². The largest absolute Gasteiger partial charge is 0.370 e. The molecule has 0 unspecified atom stereocenters. The SMILES string of the molecule is CCc1ccc(NC(=O)CSc2nnc(-c3cccs3)n2CCC(N)=O)cc1. The molecule has 146 valence electrons. The summed E-state index contributed by atoms with van der Waals surface area (Å²) in [6, 6.07) is 11.7. The van der Waals surface area contributed by atoms with Crippen LogP contribution in [0.15, 0.2) is 46.9 Å². The molecule has 2 amide bonds. The van der Waals surface area contributed by atoms with Gasteiger partial charge >= 0.3 is 0 Å². The molecule has 0 aliphatic rings. The van der Waals surface area contributed by atoms with Crippen LogP contribution in [0.4, 0.5) is 5.69 Å². The van der Waals surface area contributed by atoms with Gasteiger partial charge in [-0.2, -0.15) is 0 Å². The summed E-state index contributed by atoms with van der Waals surface area (Å²) in [5, 5.41) is 13.9. The number of nitrogens with two attached hydrogens (primary N) is 1. The maximum atomic E-state index is 12.3. The Morgan fingerprint density at radius 3 is 2.64 bits per heavy atom. The van der Waals surface area contributed by atoms with Crippen LogP contribution < -0.4 is 11.1 Å². The van der Waals surface area contributed by atoms with Gasteiger partial charge in [-0.05, 0) is 35.6 Å². The van der Waals surface area contributed by atoms with E-state index in [9.17, 15) is 9.59 Å². The van der Waals surface area contributed by atoms with Crippen molar-refractivity contribution in [3.8, 4) is 10.7 Å². The number of thioether (sulfide) groups is 1. The summed E-state index contributed by atoms with van der Waals surface area (Å²) in [6.45, 7) is 2.46. The lowest BCUT2D eigenvalue weighted by atomic mass is 10.1. The molecule has 0 bridgehead atoms. The summed E-state index contributed by atoms with van der Waals surface area (Å²) in [5.74, 6) is 0.343. The zero-order chi connectivity index (χ0) is 19.9. The second kappa shape index (κ2) is 9.52. The standard InChI is InChI=1S/C19H21N5O2S2/c1-2-13-5-7-14(8-6-13)21-17(26)12-28-19-23-22-18(15-4-3-11-27-15)24(19)10-9-16(20)25/h3-8,11H,2,9-10,12H2,1H3,(H2,20,25)(H,21,26). The van der Waals surface area contributed by atoms with E-state index in [1.807, 2.05) is 46.3 Å². The smallest absolute Gasteiger partial charge is 0.234 e. The molecule has 0 spiro atoms. The molecule has 3 aromatic rings. The van der Waals surface area contributed by atoms with Gasteiger partial charge in [0.05, 0.1) is 10.6 Å². The maximum absolute atomic E-state index is 12.3. The number of hydrogen-bond donors (Lipinski definition) is 2. The lowest BCUT2D eigenvalue weighted by Crippen LogP contribution is -2.16. The molecule has 2 heterocycles. The van der Waals surface area contributed by atoms with E-state index in [-0.39, 0.29) is 18.1 Å². The number of benzene rings is 1. The molecule has 9 heteroatoms. The van der Waals surface area contributed by atoms with Gasteiger partial charge in [0.1, 0.15) is 0 Å². The van der Waals surface area contributed by atoms with Crippen LogP contribution in [-0.4, -0.2) is 32.3 Å². The summed E-state index contributed by atoms with van der Waals surface area (Å²) in [4.78, 5) is 24.5. The van der Waals surface area contributed by atoms with Crippen LogP contribution in [0.25, 0.3) is 10.7 Å². The van der Waals surface area contributed by atoms with Gasteiger partial charge in [-0.1, -0.05) is 36.9 Å². The number of rotatable bonds is 9. The van der Waals surface area contributed by atoms with Crippen molar-refractivity contribution in [3.63, 3.8) is 0 Å². The average Bonchev–Trinajstić information content (AvgIpc) is 3.34. The van der Waals surface area contributed by atoms with E-state index in [0.29, 0.717) is 17.5 Å². The number of anilines is 1. The van der Waals surface area contributed by atoms with Gasteiger partial charge in [0, 0.05) is 18.7 Å². The summed E-state index contributed by atoms with van der Waals surface area (Å²) < 4.78 is 1.84. The monoisotopic (exact) mass is 415 g/mol. The van der Waals surface area contributed by atoms with Crippen molar-refractivity contribution in [2.24, 2.45) is 5.73 Å². The molecular formula is C19H21N5O2S2. The van der Waals surface area contributed by atoms with Gasteiger partial charge in [-0.3, -0.25) is 9.59 Å². The Hall–Kier alpha value is -2.65. The minimum Gasteiger partial charge on any atom is -0.370 e. The Labute approximate surface area is 171 Å². The average molecular weight is 416 g/mol. The highest BCUT2D eigenvalue weighted by atomic mass is 32.2. The van der Waals surface area contributed by atoms with Crippen molar-refractivity contribution in [3.05, 3.63) is 47.3 Å². The first-order valence-electron chi connectivity index (χ1n) is 8.83. The van der Waals surface area contributed by atoms with Gasteiger partial charge in [0.25, 0.3) is 0 Å². The van der Waals surface area contributed by atoms with Crippen LogP contribution in [0.5, 0.6) is 0 Å². The molecule has 7 nitrogen and oxygen atoms in total. The normalized spacial score (nSPS) is 10.8. The third-order valence-corrected chi connectivity index (χ3v) is 5.85. The second-order valence-corrected chi connectivity index (χ2v) is 7.93. The quantitative estimate of drug-likeness (QED) is 0.523. The molecule has 0 saturated carbocycles. The fourth-order valence-electron chi connectivity index (χ4n) is 2.56. The van der Waals surface area contributed by atoms with Gasteiger partial charge in [0.2, 0.25) is 11.8 Å². The number of amides is 2. The number of nitrogens with one attached hydrogen (secondary N) is 1. The Kier molecular flexibility index (Phi) is 6.83. The van der Waals surface area contributed by atoms with Crippen LogP contribution in [0.1, 0.15) is 18.9 Å². The zero-order valence-corrected chi connectivity index (χ0v) is 17.1. The maximum Gasteiger partial charge on any atom is 0.234 e. The lowest BCUT2D eigenvalue weighted by molar-refractivity contribution is -0.118. The molecule has 0 saturated heterocycles. The molecule has 2 aromatic heterocycles. The lowest BCUT2D eigenvalue weighted by Gasteiger charge is -2.09. The van der Waals surface area contributed by atoms with Crippen LogP contribution in [0.3, 0.4) is 0 Å². The number of primary amides is 1. The molecule has 0 atom stereocenters. The van der Waals surface area contributed by atoms with E-state index in [0.717, 1.165) is 17.0 Å². The molecule has 1 aromatic carbocycles. The number of carbonyl (C=O) groups excluding carboxylic acids is 2. The van der Waals surface area contributed by atoms with Crippen molar-refractivity contribution in [2.45, 2.75) is 31.5 Å². The van der Waals surface area contributed by atoms with E-state index in [1.165, 1.54) is 28.7 Å². The predicted molar refractivity (Wildman–Crippen MR) is 112 cm³/mol. The van der Waals surface area contributed by atoms with Crippen molar-refractivity contribution >= 4 is 40.6 Å². The summed E-state index contributed by atoms with van der Waals surface area (Å²) in [6.07, 6.45) is 1.14. The summed E-state index contributed by atoms with van der Waals surface area (Å²) in [5.41, 5.74) is 7.28. The highest BCUT2D eigenvalue weighted by Gasteiger charge is 2.17. The molecule has 0 fully saturated rings. The highest BCUT2D eigenvalue weighted by molar-refractivity contribution is 7.99. The van der Waals surface area contributed by atoms with Gasteiger partial charge in [0.15, 0.2) is 11.0 Å². The zero-order valence-electron chi connectivity index (χ0n) is 15.4. The van der Waals surface area contributed by atoms with Crippen LogP contribution >= 0.6 is 23.1 Å². The number of aryl methyl sites for hydroxylation is 1. The first kappa shape index (κ1) is 20.1. The molecule has 3 rings (SSSR count). The van der Waals surface area contributed by atoms with Gasteiger partial charge in [-0.25, -0.2) is 0 Å². The van der Waals surface area contributed by atoms with Gasteiger partial charge < -0.3 is 15.6 Å². The number of thiophene rings is 1. The summed E-state index contributed by atoms with van der Waals surface area (Å²) in [7, 11) is 0. The molecule has 3 N–H and O–H groups in total. The highest BCUT2D eigenvalue weighted by Crippen LogP contribution is 2.27. The van der Waals surface area contributed by atoms with Crippen molar-refractivity contribution in [1.82, 2.24) is 14.8 Å². The molecule has 0 aliphatic heterocycles. The van der Waals surface area contributed by atoms with Crippen molar-refractivity contribution < 1.29 is 9.59 Å². The molecule has 28 heavy (non-hydrogen) atoms. The van der Waals surface area contributed by atoms with E-state index in [1.54, 1.807) is 0 Å². The second-order valence-electron chi connectivity index (χ2n) is 6.04. The van der Waals surface area contributed by atoms with E-state index >= 15 is 0 Å². The number of nitrogens with zero attached hydrogens (tertiary/aromatic N) is 3.